The van der Waals surface area contributed by atoms with Gasteiger partial charge in [-0.25, -0.2) is 13.2 Å². The molecule has 0 fully saturated rings. The summed E-state index contributed by atoms with van der Waals surface area (Å²) in [5, 5.41) is 10.5. The summed E-state index contributed by atoms with van der Waals surface area (Å²) < 4.78 is 21.4. The Kier molecular flexibility index (Phi) is 4.89. The minimum absolute atomic E-state index is 0.592. The van der Waals surface area contributed by atoms with Crippen molar-refractivity contribution in [1.82, 2.24) is 5.32 Å². The molecule has 1 atom stereocenters. The molecule has 0 aromatic rings. The van der Waals surface area contributed by atoms with Gasteiger partial charge in [-0.3, -0.25) is 9.59 Å². The number of carboxylic acids is 1. The van der Waals surface area contributed by atoms with Crippen LogP contribution in [0.3, 0.4) is 0 Å². The molecule has 0 aliphatic rings. The first-order chi connectivity index (χ1) is 7.11. The summed E-state index contributed by atoms with van der Waals surface area (Å²) in [5.41, 5.74) is 4.76. The number of nitrogens with two attached hydrogens (primary N) is 1. The molecule has 0 radical (unpaired) electrons. The van der Waals surface area contributed by atoms with Crippen LogP contribution in [0, 0.1) is 0 Å². The van der Waals surface area contributed by atoms with Gasteiger partial charge in [0, 0.05) is 6.26 Å². The third kappa shape index (κ3) is 6.76. The van der Waals surface area contributed by atoms with Gasteiger partial charge in [-0.2, -0.15) is 0 Å². The third-order valence-corrected chi connectivity index (χ3v) is 2.22. The Hall–Kier alpha value is -1.64. The van der Waals surface area contributed by atoms with Gasteiger partial charge in [-0.15, -0.1) is 0 Å². The number of carbonyl (C=O) groups excluding carboxylic acids is 2. The van der Waals surface area contributed by atoms with Crippen LogP contribution in [0.4, 0.5) is 0 Å². The van der Waals surface area contributed by atoms with Gasteiger partial charge in [0.25, 0.3) is 0 Å². The molecular formula is C7H12N2O6S. The molecule has 9 heteroatoms. The summed E-state index contributed by atoms with van der Waals surface area (Å²) >= 11 is 0. The van der Waals surface area contributed by atoms with Crippen molar-refractivity contribution in [3.8, 4) is 0 Å². The highest BCUT2D eigenvalue weighted by Crippen LogP contribution is 1.93. The number of amides is 2. The molecule has 4 N–H and O–H groups in total. The molecular weight excluding hydrogens is 240 g/mol. The van der Waals surface area contributed by atoms with Gasteiger partial charge in [0.1, 0.15) is 11.8 Å². The largest absolute Gasteiger partial charge is 0.480 e. The van der Waals surface area contributed by atoms with Crippen LogP contribution in [0.5, 0.6) is 0 Å². The number of rotatable bonds is 6. The molecule has 0 spiro atoms. The maximum Gasteiger partial charge on any atom is 0.326 e. The minimum atomic E-state index is -3.54. The first-order valence-electron chi connectivity index (χ1n) is 4.10. The van der Waals surface area contributed by atoms with Crippen LogP contribution in [-0.2, 0) is 24.2 Å². The second-order valence-corrected chi connectivity index (χ2v) is 5.34. The van der Waals surface area contributed by atoms with Gasteiger partial charge in [0.2, 0.25) is 11.8 Å². The molecule has 0 heterocycles. The molecule has 92 valence electrons. The first-order valence-corrected chi connectivity index (χ1v) is 6.16. The van der Waals surface area contributed by atoms with E-state index in [0.717, 1.165) is 6.26 Å². The average Bonchev–Trinajstić information content (AvgIpc) is 1.97. The van der Waals surface area contributed by atoms with Crippen molar-refractivity contribution >= 4 is 27.6 Å². The zero-order valence-corrected chi connectivity index (χ0v) is 9.28. The Bertz CT molecular complexity index is 401. The van der Waals surface area contributed by atoms with Crippen LogP contribution >= 0.6 is 0 Å². The number of nitrogens with one attached hydrogen (secondary N) is 1. The maximum atomic E-state index is 11.0. The minimum Gasteiger partial charge on any atom is -0.480 e. The normalized spacial score (nSPS) is 12.8. The monoisotopic (exact) mass is 252 g/mol. The zero-order valence-electron chi connectivity index (χ0n) is 8.47. The standard InChI is InChI=1S/C7H12N2O6S/c1-16(14,15)3-6(11)9-4(7(12)13)2-5(8)10/h4H,2-3H2,1H3,(H2,8,10)(H,9,11)(H,12,13)/t4-/m0/s1. The van der Waals surface area contributed by atoms with E-state index in [1.54, 1.807) is 0 Å². The number of sulfone groups is 1. The number of hydrogen-bond donors (Lipinski definition) is 3. The van der Waals surface area contributed by atoms with Crippen molar-refractivity contribution in [2.24, 2.45) is 5.73 Å². The number of aliphatic carboxylic acids is 1. The van der Waals surface area contributed by atoms with Crippen LogP contribution in [0.2, 0.25) is 0 Å². The molecule has 0 saturated heterocycles. The molecule has 0 rings (SSSR count). The average molecular weight is 252 g/mol. The van der Waals surface area contributed by atoms with E-state index >= 15 is 0 Å². The van der Waals surface area contributed by atoms with E-state index in [1.807, 2.05) is 5.32 Å². The second-order valence-electron chi connectivity index (χ2n) is 3.20. The van der Waals surface area contributed by atoms with E-state index in [2.05, 4.69) is 0 Å². The predicted molar refractivity (Wildman–Crippen MR) is 53.1 cm³/mol. The first kappa shape index (κ1) is 14.4. The summed E-state index contributed by atoms with van der Waals surface area (Å²) in [4.78, 5) is 32.1. The number of hydrogen-bond acceptors (Lipinski definition) is 5. The lowest BCUT2D eigenvalue weighted by Crippen LogP contribution is -2.45. The molecule has 0 saturated carbocycles. The maximum absolute atomic E-state index is 11.0. The lowest BCUT2D eigenvalue weighted by molar-refractivity contribution is -0.143. The van der Waals surface area contributed by atoms with Crippen molar-refractivity contribution in [2.75, 3.05) is 12.0 Å². The Morgan fingerprint density at radius 1 is 1.38 bits per heavy atom. The molecule has 16 heavy (non-hydrogen) atoms. The van der Waals surface area contributed by atoms with Crippen LogP contribution in [0.15, 0.2) is 0 Å². The fourth-order valence-electron chi connectivity index (χ4n) is 0.875. The number of carboxylic acid groups (broad SMARTS) is 1. The summed E-state index contributed by atoms with van der Waals surface area (Å²) in [5.74, 6) is -4.20. The Labute approximate surface area is 91.7 Å². The SMILES string of the molecule is CS(=O)(=O)CC(=O)N[C@@H](CC(N)=O)C(=O)O. The summed E-state index contributed by atoms with van der Waals surface area (Å²) in [6.45, 7) is 0. The molecule has 0 aliphatic heterocycles. The third-order valence-electron chi connectivity index (χ3n) is 1.43. The second kappa shape index (κ2) is 5.45. The Morgan fingerprint density at radius 2 is 1.88 bits per heavy atom. The highest BCUT2D eigenvalue weighted by atomic mass is 32.2. The van der Waals surface area contributed by atoms with Crippen LogP contribution in [0.25, 0.3) is 0 Å². The Balaban J connectivity index is 4.47. The van der Waals surface area contributed by atoms with Crippen molar-refractivity contribution < 1.29 is 27.9 Å². The fourth-order valence-corrected chi connectivity index (χ4v) is 1.43. The van der Waals surface area contributed by atoms with E-state index in [4.69, 9.17) is 10.8 Å². The van der Waals surface area contributed by atoms with Crippen LogP contribution < -0.4 is 11.1 Å². The smallest absolute Gasteiger partial charge is 0.326 e. The zero-order chi connectivity index (χ0) is 12.9. The summed E-state index contributed by atoms with van der Waals surface area (Å²) in [6.07, 6.45) is 0.237. The van der Waals surface area contributed by atoms with Gasteiger partial charge in [0.15, 0.2) is 9.84 Å². The van der Waals surface area contributed by atoms with E-state index < -0.39 is 45.8 Å². The van der Waals surface area contributed by atoms with E-state index in [9.17, 15) is 22.8 Å². The van der Waals surface area contributed by atoms with E-state index in [0.29, 0.717) is 0 Å². The number of carbonyl (C=O) groups is 3. The Morgan fingerprint density at radius 3 is 2.19 bits per heavy atom. The highest BCUT2D eigenvalue weighted by Gasteiger charge is 2.23. The topological polar surface area (TPSA) is 144 Å². The highest BCUT2D eigenvalue weighted by molar-refractivity contribution is 7.91. The van der Waals surface area contributed by atoms with Crippen molar-refractivity contribution in [3.63, 3.8) is 0 Å². The van der Waals surface area contributed by atoms with Crippen molar-refractivity contribution in [3.05, 3.63) is 0 Å². The van der Waals surface area contributed by atoms with Gasteiger partial charge in [-0.05, 0) is 0 Å². The summed E-state index contributed by atoms with van der Waals surface area (Å²) in [7, 11) is -3.54. The van der Waals surface area contributed by atoms with Crippen LogP contribution in [0.1, 0.15) is 6.42 Å². The van der Waals surface area contributed by atoms with Gasteiger partial charge in [0.05, 0.1) is 6.42 Å². The molecule has 0 unspecified atom stereocenters. The lowest BCUT2D eigenvalue weighted by Gasteiger charge is -2.11. The van der Waals surface area contributed by atoms with Gasteiger partial charge >= 0.3 is 5.97 Å². The lowest BCUT2D eigenvalue weighted by atomic mass is 10.2. The molecule has 8 nitrogen and oxygen atoms in total. The molecule has 0 aromatic heterocycles. The van der Waals surface area contributed by atoms with E-state index in [1.165, 1.54) is 0 Å². The predicted octanol–water partition coefficient (Wildman–Crippen LogP) is -2.52. The molecule has 0 aromatic carbocycles. The van der Waals surface area contributed by atoms with Crippen LogP contribution in [-0.4, -0.2) is 49.4 Å². The molecule has 2 amide bonds. The summed E-state index contributed by atoms with van der Waals surface area (Å²) in [6, 6.07) is -1.51. The van der Waals surface area contributed by atoms with Gasteiger partial charge in [-0.1, -0.05) is 0 Å². The number of primary amides is 1. The molecule has 0 aliphatic carbocycles. The van der Waals surface area contributed by atoms with Crippen molar-refractivity contribution in [2.45, 2.75) is 12.5 Å². The van der Waals surface area contributed by atoms with E-state index in [-0.39, 0.29) is 0 Å². The van der Waals surface area contributed by atoms with Crippen molar-refractivity contribution in [1.29, 1.82) is 0 Å². The van der Waals surface area contributed by atoms with Gasteiger partial charge < -0.3 is 16.2 Å². The molecule has 0 bridgehead atoms. The quantitative estimate of drug-likeness (QED) is 0.475. The fraction of sp³-hybridized carbons (Fsp3) is 0.571.